The Morgan fingerprint density at radius 1 is 1.04 bits per heavy atom. The molecule has 130 valence electrons. The summed E-state index contributed by atoms with van der Waals surface area (Å²) in [6.07, 6.45) is -5.06. The van der Waals surface area contributed by atoms with Gasteiger partial charge in [0.1, 0.15) is 18.9 Å². The maximum atomic E-state index is 14.4. The minimum absolute atomic E-state index is 0.287. The average Bonchev–Trinajstić information content (AvgIpc) is 2.81. The van der Waals surface area contributed by atoms with Gasteiger partial charge in [0, 0.05) is 5.92 Å². The first kappa shape index (κ1) is 17.9. The second kappa shape index (κ2) is 7.87. The van der Waals surface area contributed by atoms with Crippen molar-refractivity contribution in [2.45, 2.75) is 31.2 Å². The fourth-order valence-electron chi connectivity index (χ4n) is 2.65. The first-order valence-corrected chi connectivity index (χ1v) is 7.33. The highest BCUT2D eigenvalue weighted by molar-refractivity contribution is 5.89. The SMILES string of the molecule is O=C(O)C[C@@H]1[C@@H](F)[C@@H](COC(=O)c2ccccc2)O[C@H]1CC(=O)O. The highest BCUT2D eigenvalue weighted by Crippen LogP contribution is 2.34. The summed E-state index contributed by atoms with van der Waals surface area (Å²) in [7, 11) is 0. The molecule has 1 aliphatic rings. The number of carbonyl (C=O) groups is 3. The molecule has 1 heterocycles. The summed E-state index contributed by atoms with van der Waals surface area (Å²) in [6.45, 7) is -0.416. The second-order valence-electron chi connectivity index (χ2n) is 5.48. The molecule has 0 spiro atoms. The molecule has 0 saturated carbocycles. The summed E-state index contributed by atoms with van der Waals surface area (Å²) in [5, 5.41) is 17.7. The standard InChI is InChI=1S/C16H17FO7/c17-15-10(6-13(18)19)11(7-14(20)21)24-12(15)8-23-16(22)9-4-2-1-3-5-9/h1-5,10-12,15H,6-8H2,(H,18,19)(H,20,21)/t10-,11-,12+,15+/m0/s1. The number of benzene rings is 1. The molecule has 0 bridgehead atoms. The van der Waals surface area contributed by atoms with Gasteiger partial charge in [-0.2, -0.15) is 0 Å². The molecular formula is C16H17FO7. The van der Waals surface area contributed by atoms with Crippen LogP contribution in [0.2, 0.25) is 0 Å². The number of esters is 1. The minimum atomic E-state index is -1.73. The number of aliphatic carboxylic acids is 2. The van der Waals surface area contributed by atoms with Crippen molar-refractivity contribution in [1.29, 1.82) is 0 Å². The molecule has 1 aliphatic heterocycles. The quantitative estimate of drug-likeness (QED) is 0.724. The zero-order chi connectivity index (χ0) is 17.7. The number of carbonyl (C=O) groups excluding carboxylic acids is 1. The summed E-state index contributed by atoms with van der Waals surface area (Å²) >= 11 is 0. The fourth-order valence-corrected chi connectivity index (χ4v) is 2.65. The Morgan fingerprint density at radius 2 is 1.67 bits per heavy atom. The van der Waals surface area contributed by atoms with Crippen molar-refractivity contribution in [2.75, 3.05) is 6.61 Å². The molecule has 7 nitrogen and oxygen atoms in total. The zero-order valence-corrected chi connectivity index (χ0v) is 12.6. The van der Waals surface area contributed by atoms with Crippen LogP contribution < -0.4 is 0 Å². The van der Waals surface area contributed by atoms with Gasteiger partial charge in [0.25, 0.3) is 0 Å². The maximum absolute atomic E-state index is 14.4. The number of carboxylic acids is 2. The first-order chi connectivity index (χ1) is 11.4. The lowest BCUT2D eigenvalue weighted by atomic mass is 9.92. The Morgan fingerprint density at radius 3 is 2.25 bits per heavy atom. The van der Waals surface area contributed by atoms with Gasteiger partial charge in [-0.05, 0) is 12.1 Å². The van der Waals surface area contributed by atoms with Gasteiger partial charge < -0.3 is 19.7 Å². The normalized spacial score (nSPS) is 26.0. The third-order valence-electron chi connectivity index (χ3n) is 3.77. The largest absolute Gasteiger partial charge is 0.481 e. The summed E-state index contributed by atoms with van der Waals surface area (Å²) in [4.78, 5) is 33.5. The number of hydrogen-bond donors (Lipinski definition) is 2. The van der Waals surface area contributed by atoms with E-state index >= 15 is 0 Å². The van der Waals surface area contributed by atoms with Crippen LogP contribution in [0, 0.1) is 5.92 Å². The van der Waals surface area contributed by atoms with E-state index in [0.29, 0.717) is 0 Å². The number of carboxylic acid groups (broad SMARTS) is 2. The van der Waals surface area contributed by atoms with Crippen LogP contribution in [-0.2, 0) is 19.1 Å². The summed E-state index contributed by atoms with van der Waals surface area (Å²) in [5.41, 5.74) is 0.287. The Balaban J connectivity index is 1.98. The molecule has 1 aromatic rings. The van der Waals surface area contributed by atoms with Crippen LogP contribution in [0.25, 0.3) is 0 Å². The summed E-state index contributed by atoms with van der Waals surface area (Å²) in [6, 6.07) is 8.08. The van der Waals surface area contributed by atoms with Gasteiger partial charge in [-0.25, -0.2) is 9.18 Å². The van der Waals surface area contributed by atoms with E-state index in [0.717, 1.165) is 0 Å². The van der Waals surface area contributed by atoms with Crippen LogP contribution in [0.1, 0.15) is 23.2 Å². The molecule has 1 fully saturated rings. The van der Waals surface area contributed by atoms with Crippen LogP contribution in [-0.4, -0.2) is 53.1 Å². The lowest BCUT2D eigenvalue weighted by Gasteiger charge is -2.15. The summed E-state index contributed by atoms with van der Waals surface area (Å²) < 4.78 is 24.7. The lowest BCUT2D eigenvalue weighted by molar-refractivity contribution is -0.143. The maximum Gasteiger partial charge on any atom is 0.338 e. The van der Waals surface area contributed by atoms with Crippen LogP contribution in [0.15, 0.2) is 30.3 Å². The van der Waals surface area contributed by atoms with E-state index in [4.69, 9.17) is 19.7 Å². The minimum Gasteiger partial charge on any atom is -0.481 e. The van der Waals surface area contributed by atoms with Gasteiger partial charge in [0.15, 0.2) is 0 Å². The van der Waals surface area contributed by atoms with E-state index in [1.807, 2.05) is 0 Å². The highest BCUT2D eigenvalue weighted by atomic mass is 19.1. The number of alkyl halides is 1. The molecule has 1 aromatic carbocycles. The van der Waals surface area contributed by atoms with Gasteiger partial charge in [0.2, 0.25) is 0 Å². The van der Waals surface area contributed by atoms with Gasteiger partial charge in [-0.1, -0.05) is 18.2 Å². The van der Waals surface area contributed by atoms with Crippen LogP contribution >= 0.6 is 0 Å². The number of ether oxygens (including phenoxy) is 2. The van der Waals surface area contributed by atoms with E-state index < -0.39 is 61.7 Å². The molecule has 0 aromatic heterocycles. The Bertz CT molecular complexity index is 604. The molecule has 2 rings (SSSR count). The second-order valence-corrected chi connectivity index (χ2v) is 5.48. The third-order valence-corrected chi connectivity index (χ3v) is 3.77. The summed E-state index contributed by atoms with van der Waals surface area (Å²) in [5.74, 6) is -4.23. The Kier molecular flexibility index (Phi) is 5.86. The van der Waals surface area contributed by atoms with E-state index in [-0.39, 0.29) is 5.56 Å². The Labute approximate surface area is 137 Å². The Hall–Kier alpha value is -2.48. The van der Waals surface area contributed by atoms with Crippen LogP contribution in [0.4, 0.5) is 4.39 Å². The smallest absolute Gasteiger partial charge is 0.338 e. The number of halogens is 1. The average molecular weight is 340 g/mol. The van der Waals surface area contributed by atoms with Crippen molar-refractivity contribution in [2.24, 2.45) is 5.92 Å². The molecule has 24 heavy (non-hydrogen) atoms. The molecule has 1 saturated heterocycles. The predicted molar refractivity (Wildman–Crippen MR) is 78.3 cm³/mol. The van der Waals surface area contributed by atoms with Crippen molar-refractivity contribution in [3.8, 4) is 0 Å². The van der Waals surface area contributed by atoms with Crippen molar-refractivity contribution < 1.29 is 38.5 Å². The lowest BCUT2D eigenvalue weighted by Crippen LogP contribution is -2.29. The van der Waals surface area contributed by atoms with Crippen LogP contribution in [0.3, 0.4) is 0 Å². The van der Waals surface area contributed by atoms with Gasteiger partial charge in [-0.15, -0.1) is 0 Å². The van der Waals surface area contributed by atoms with E-state index in [1.165, 1.54) is 12.1 Å². The first-order valence-electron chi connectivity index (χ1n) is 7.33. The molecule has 8 heteroatoms. The van der Waals surface area contributed by atoms with E-state index in [1.54, 1.807) is 18.2 Å². The molecule has 0 radical (unpaired) electrons. The monoisotopic (exact) mass is 340 g/mol. The van der Waals surface area contributed by atoms with Gasteiger partial charge in [-0.3, -0.25) is 9.59 Å². The van der Waals surface area contributed by atoms with Crippen molar-refractivity contribution in [3.05, 3.63) is 35.9 Å². The fraction of sp³-hybridized carbons (Fsp3) is 0.438. The third kappa shape index (κ3) is 4.51. The number of hydrogen-bond acceptors (Lipinski definition) is 5. The number of rotatable bonds is 7. The predicted octanol–water partition coefficient (Wildman–Crippen LogP) is 1.51. The molecule has 0 amide bonds. The topological polar surface area (TPSA) is 110 Å². The molecular weight excluding hydrogens is 323 g/mol. The molecule has 2 N–H and O–H groups in total. The van der Waals surface area contributed by atoms with Gasteiger partial charge >= 0.3 is 17.9 Å². The van der Waals surface area contributed by atoms with Gasteiger partial charge in [0.05, 0.1) is 24.5 Å². The zero-order valence-electron chi connectivity index (χ0n) is 12.6. The van der Waals surface area contributed by atoms with Crippen LogP contribution in [0.5, 0.6) is 0 Å². The highest BCUT2D eigenvalue weighted by Gasteiger charge is 2.47. The molecule has 4 atom stereocenters. The van der Waals surface area contributed by atoms with E-state index in [9.17, 15) is 18.8 Å². The molecule has 0 aliphatic carbocycles. The van der Waals surface area contributed by atoms with Crippen molar-refractivity contribution >= 4 is 17.9 Å². The molecule has 0 unspecified atom stereocenters. The van der Waals surface area contributed by atoms with Crippen molar-refractivity contribution in [1.82, 2.24) is 0 Å². The van der Waals surface area contributed by atoms with E-state index in [2.05, 4.69) is 0 Å². The van der Waals surface area contributed by atoms with Crippen molar-refractivity contribution in [3.63, 3.8) is 0 Å².